The number of methoxy groups -OCH3 is 3. The number of hydrogen-bond donors (Lipinski definition) is 1. The molecule has 8 nitrogen and oxygen atoms in total. The van der Waals surface area contributed by atoms with E-state index in [-0.39, 0.29) is 5.91 Å². The Bertz CT molecular complexity index is 869. The van der Waals surface area contributed by atoms with Crippen LogP contribution in [0, 0.1) is 0 Å². The number of nitrogens with zero attached hydrogens (tertiary/aromatic N) is 1. The van der Waals surface area contributed by atoms with Crippen molar-refractivity contribution in [2.75, 3.05) is 27.9 Å². The van der Waals surface area contributed by atoms with Crippen LogP contribution in [0.4, 0.5) is 0 Å². The second kappa shape index (κ2) is 11.5. The van der Waals surface area contributed by atoms with Gasteiger partial charge in [0.15, 0.2) is 23.0 Å². The van der Waals surface area contributed by atoms with E-state index >= 15 is 0 Å². The van der Waals surface area contributed by atoms with Crippen molar-refractivity contribution in [1.29, 1.82) is 0 Å². The largest absolute Gasteiger partial charge is 0.493 e. The summed E-state index contributed by atoms with van der Waals surface area (Å²) >= 11 is 0. The number of carbonyl (C=O) groups is 1. The fraction of sp³-hybridized carbons (Fsp3) is 0.364. The Balaban J connectivity index is 1.88. The van der Waals surface area contributed by atoms with E-state index in [0.29, 0.717) is 36.1 Å². The van der Waals surface area contributed by atoms with Crippen molar-refractivity contribution < 1.29 is 28.6 Å². The van der Waals surface area contributed by atoms with E-state index in [1.807, 2.05) is 25.1 Å². The number of ether oxygens (including phenoxy) is 4. The van der Waals surface area contributed by atoms with Crippen LogP contribution in [-0.2, 0) is 16.2 Å². The van der Waals surface area contributed by atoms with E-state index in [1.54, 1.807) is 46.5 Å². The molecule has 1 N–H and O–H groups in total. The van der Waals surface area contributed by atoms with Crippen LogP contribution in [-0.4, -0.2) is 46.2 Å². The van der Waals surface area contributed by atoms with E-state index in [9.17, 15) is 4.79 Å². The van der Waals surface area contributed by atoms with Gasteiger partial charge in [0.2, 0.25) is 6.10 Å². The fourth-order valence-corrected chi connectivity index (χ4v) is 2.59. The molecule has 0 bridgehead atoms. The molecule has 1 atom stereocenters. The molecule has 2 aromatic carbocycles. The monoisotopic (exact) mass is 416 g/mol. The van der Waals surface area contributed by atoms with Crippen molar-refractivity contribution >= 4 is 12.1 Å². The first kappa shape index (κ1) is 22.9. The summed E-state index contributed by atoms with van der Waals surface area (Å²) in [5, 5.41) is 6.71. The minimum atomic E-state index is -0.758. The molecule has 0 saturated carbocycles. The molecular weight excluding hydrogens is 388 g/mol. The zero-order chi connectivity index (χ0) is 21.9. The lowest BCUT2D eigenvalue weighted by Gasteiger charge is -2.12. The highest BCUT2D eigenvalue weighted by molar-refractivity contribution is 5.82. The number of amides is 1. The molecule has 0 radical (unpaired) electrons. The Morgan fingerprint density at radius 2 is 1.67 bits per heavy atom. The summed E-state index contributed by atoms with van der Waals surface area (Å²) in [7, 11) is 4.70. The Morgan fingerprint density at radius 1 is 1.00 bits per heavy atom. The van der Waals surface area contributed by atoms with Crippen LogP contribution in [0.3, 0.4) is 0 Å². The average molecular weight is 416 g/mol. The lowest BCUT2D eigenvalue weighted by atomic mass is 10.2. The van der Waals surface area contributed by atoms with Crippen molar-refractivity contribution in [3.63, 3.8) is 0 Å². The van der Waals surface area contributed by atoms with Gasteiger partial charge in [0, 0.05) is 12.1 Å². The molecule has 1 amide bonds. The lowest BCUT2D eigenvalue weighted by molar-refractivity contribution is -0.131. The molecule has 0 heterocycles. The van der Waals surface area contributed by atoms with Crippen LogP contribution < -0.4 is 24.3 Å². The molecule has 0 aromatic heterocycles. The number of carbonyl (C=O) groups excluding carboxylic acids is 1. The molecule has 0 fully saturated rings. The summed E-state index contributed by atoms with van der Waals surface area (Å²) < 4.78 is 21.3. The third-order valence-corrected chi connectivity index (χ3v) is 4.19. The van der Waals surface area contributed by atoms with Gasteiger partial charge in [-0.1, -0.05) is 11.2 Å². The first-order chi connectivity index (χ1) is 14.5. The van der Waals surface area contributed by atoms with E-state index in [1.165, 1.54) is 6.21 Å². The molecule has 0 saturated heterocycles. The Hall–Kier alpha value is -3.42. The number of hydrogen-bond acceptors (Lipinski definition) is 7. The average Bonchev–Trinajstić information content (AvgIpc) is 2.77. The molecule has 0 aliphatic heterocycles. The zero-order valence-electron chi connectivity index (χ0n) is 17.9. The van der Waals surface area contributed by atoms with Crippen LogP contribution in [0.25, 0.3) is 0 Å². The van der Waals surface area contributed by atoms with Crippen molar-refractivity contribution in [3.05, 3.63) is 47.5 Å². The lowest BCUT2D eigenvalue weighted by Crippen LogP contribution is -2.33. The Kier molecular flexibility index (Phi) is 8.80. The number of rotatable bonds is 11. The van der Waals surface area contributed by atoms with Crippen molar-refractivity contribution in [2.45, 2.75) is 26.5 Å². The normalized spacial score (nSPS) is 11.6. The second-order valence-electron chi connectivity index (χ2n) is 6.23. The van der Waals surface area contributed by atoms with Crippen molar-refractivity contribution in [3.8, 4) is 23.0 Å². The van der Waals surface area contributed by atoms with Gasteiger partial charge in [-0.15, -0.1) is 0 Å². The van der Waals surface area contributed by atoms with E-state index < -0.39 is 6.10 Å². The zero-order valence-corrected chi connectivity index (χ0v) is 17.9. The van der Waals surface area contributed by atoms with E-state index in [4.69, 9.17) is 23.8 Å². The highest BCUT2D eigenvalue weighted by atomic mass is 16.6. The van der Waals surface area contributed by atoms with E-state index in [2.05, 4.69) is 10.5 Å². The Morgan fingerprint density at radius 3 is 2.33 bits per heavy atom. The number of nitrogens with one attached hydrogen (secondary N) is 1. The third-order valence-electron chi connectivity index (χ3n) is 4.19. The Labute approximate surface area is 176 Å². The maximum Gasteiger partial charge on any atom is 0.263 e. The minimum absolute atomic E-state index is 0.286. The first-order valence-electron chi connectivity index (χ1n) is 9.51. The topological polar surface area (TPSA) is 87.6 Å². The van der Waals surface area contributed by atoms with Crippen LogP contribution in [0.5, 0.6) is 23.0 Å². The van der Waals surface area contributed by atoms with Gasteiger partial charge in [0.1, 0.15) is 0 Å². The summed E-state index contributed by atoms with van der Waals surface area (Å²) in [5.41, 5.74) is 1.63. The molecule has 0 spiro atoms. The SMILES string of the molecule is CCOc1ccc(/C=N/OC(C)C(=O)NCc2ccc(OC)c(OC)c2)cc1OC. The molecule has 162 valence electrons. The maximum atomic E-state index is 12.3. The molecule has 1 unspecified atom stereocenters. The van der Waals surface area contributed by atoms with Gasteiger partial charge in [-0.25, -0.2) is 0 Å². The molecule has 8 heteroatoms. The van der Waals surface area contributed by atoms with Gasteiger partial charge in [0.05, 0.1) is 34.2 Å². The van der Waals surface area contributed by atoms with Crippen LogP contribution in [0.1, 0.15) is 25.0 Å². The van der Waals surface area contributed by atoms with Gasteiger partial charge in [-0.2, -0.15) is 0 Å². The highest BCUT2D eigenvalue weighted by Gasteiger charge is 2.14. The number of oxime groups is 1. The van der Waals surface area contributed by atoms with Crippen molar-refractivity contribution in [1.82, 2.24) is 5.32 Å². The fourth-order valence-electron chi connectivity index (χ4n) is 2.59. The second-order valence-corrected chi connectivity index (χ2v) is 6.23. The molecule has 2 rings (SSSR count). The van der Waals surface area contributed by atoms with Crippen LogP contribution >= 0.6 is 0 Å². The third kappa shape index (κ3) is 6.30. The number of benzene rings is 2. The smallest absolute Gasteiger partial charge is 0.263 e. The summed E-state index contributed by atoms with van der Waals surface area (Å²) in [6.45, 7) is 4.40. The molecule has 2 aromatic rings. The van der Waals surface area contributed by atoms with E-state index in [0.717, 1.165) is 11.1 Å². The predicted molar refractivity (Wildman–Crippen MR) is 114 cm³/mol. The van der Waals surface area contributed by atoms with Gasteiger partial charge in [-0.3, -0.25) is 4.79 Å². The quantitative estimate of drug-likeness (QED) is 0.447. The predicted octanol–water partition coefficient (Wildman–Crippen LogP) is 3.17. The molecular formula is C22H28N2O6. The molecule has 0 aliphatic carbocycles. The van der Waals surface area contributed by atoms with Gasteiger partial charge in [-0.05, 0) is 49.7 Å². The first-order valence-corrected chi connectivity index (χ1v) is 9.51. The summed E-state index contributed by atoms with van der Waals surface area (Å²) in [6.07, 6.45) is 0.752. The van der Waals surface area contributed by atoms with Crippen LogP contribution in [0.15, 0.2) is 41.6 Å². The van der Waals surface area contributed by atoms with Crippen LogP contribution in [0.2, 0.25) is 0 Å². The van der Waals surface area contributed by atoms with Gasteiger partial charge < -0.3 is 29.1 Å². The molecule has 0 aliphatic rings. The maximum absolute atomic E-state index is 12.3. The summed E-state index contributed by atoms with van der Waals surface area (Å²) in [6, 6.07) is 10.8. The van der Waals surface area contributed by atoms with Crippen molar-refractivity contribution in [2.24, 2.45) is 5.16 Å². The highest BCUT2D eigenvalue weighted by Crippen LogP contribution is 2.28. The summed E-state index contributed by atoms with van der Waals surface area (Å²) in [5.74, 6) is 2.20. The van der Waals surface area contributed by atoms with Gasteiger partial charge >= 0.3 is 0 Å². The standard InChI is InChI=1S/C22H28N2O6/c1-6-29-19-10-8-17(12-21(19)28-5)14-24-30-15(2)22(25)23-13-16-7-9-18(26-3)20(11-16)27-4/h7-12,14-15H,6,13H2,1-5H3,(H,23,25)/b24-14+. The molecule has 30 heavy (non-hydrogen) atoms. The summed E-state index contributed by atoms with van der Waals surface area (Å²) in [4.78, 5) is 17.5. The minimum Gasteiger partial charge on any atom is -0.493 e. The van der Waals surface area contributed by atoms with Gasteiger partial charge in [0.25, 0.3) is 5.91 Å².